The lowest BCUT2D eigenvalue weighted by Crippen LogP contribution is -2.44. The van der Waals surface area contributed by atoms with Crippen LogP contribution in [-0.4, -0.2) is 16.3 Å². The number of rotatable bonds is 7. The number of hydrogen-bond donors (Lipinski definition) is 0. The topological polar surface area (TPSA) is 17.8 Å². The number of benzene rings is 3. The molecule has 0 aliphatic rings. The molecule has 0 N–H and O–H groups in total. The summed E-state index contributed by atoms with van der Waals surface area (Å²) in [7, 11) is 0. The van der Waals surface area contributed by atoms with Gasteiger partial charge in [-0.3, -0.25) is 0 Å². The molecule has 4 rings (SSSR count). The maximum Gasteiger partial charge on any atom is 0.209 e. The Morgan fingerprint density at radius 1 is 0.857 bits per heavy atom. The van der Waals surface area contributed by atoms with E-state index in [-0.39, 0.29) is 5.82 Å². The highest BCUT2D eigenvalue weighted by atomic mass is 19.1. The first kappa shape index (κ1) is 26.5. The molecule has 0 spiro atoms. The standard InChI is InChI=1S/C18H23B.C13H15FN2/c1-4-5-14-19(17-12-8-6-10-15(17)2)18-13-9-7-11-16(18)3;1-9(2)13-7-15-8-16(13)12-5-4-11(14)6-10(12)3/h6-13H,4-5,14H2,1-3H3;4-9H,1-3H3. The van der Waals surface area contributed by atoms with Crippen LogP contribution in [0.3, 0.4) is 0 Å². The van der Waals surface area contributed by atoms with E-state index in [1.165, 1.54) is 47.3 Å². The van der Waals surface area contributed by atoms with Crippen molar-refractivity contribution in [1.29, 1.82) is 0 Å². The molecule has 182 valence electrons. The van der Waals surface area contributed by atoms with Gasteiger partial charge in [-0.1, -0.05) is 111 Å². The van der Waals surface area contributed by atoms with Gasteiger partial charge in [-0.05, 0) is 50.5 Å². The van der Waals surface area contributed by atoms with Gasteiger partial charge in [0.25, 0.3) is 0 Å². The first-order valence-electron chi connectivity index (χ1n) is 12.7. The van der Waals surface area contributed by atoms with Crippen molar-refractivity contribution in [1.82, 2.24) is 9.55 Å². The summed E-state index contributed by atoms with van der Waals surface area (Å²) in [5, 5.41) is 0. The smallest absolute Gasteiger partial charge is 0.209 e. The molecule has 0 bridgehead atoms. The number of aromatic nitrogens is 2. The van der Waals surface area contributed by atoms with Gasteiger partial charge in [0.2, 0.25) is 6.71 Å². The van der Waals surface area contributed by atoms with E-state index >= 15 is 0 Å². The second kappa shape index (κ2) is 12.5. The molecule has 0 saturated carbocycles. The number of imidazole rings is 1. The van der Waals surface area contributed by atoms with Gasteiger partial charge < -0.3 is 4.57 Å². The molecule has 0 aliphatic carbocycles. The van der Waals surface area contributed by atoms with Crippen molar-refractivity contribution in [3.8, 4) is 5.69 Å². The monoisotopic (exact) mass is 468 g/mol. The maximum absolute atomic E-state index is 13.0. The van der Waals surface area contributed by atoms with Gasteiger partial charge in [0.05, 0.1) is 6.33 Å². The average Bonchev–Trinajstić information content (AvgIpc) is 3.32. The molecule has 0 fully saturated rings. The van der Waals surface area contributed by atoms with Crippen molar-refractivity contribution in [2.75, 3.05) is 0 Å². The van der Waals surface area contributed by atoms with Crippen LogP contribution in [0.1, 0.15) is 61.9 Å². The van der Waals surface area contributed by atoms with Crippen molar-refractivity contribution < 1.29 is 4.39 Å². The highest BCUT2D eigenvalue weighted by Gasteiger charge is 2.21. The highest BCUT2D eigenvalue weighted by Crippen LogP contribution is 2.21. The van der Waals surface area contributed by atoms with Gasteiger partial charge in [0, 0.05) is 17.6 Å². The number of unbranched alkanes of at least 4 members (excludes halogenated alkanes) is 1. The number of nitrogens with zero attached hydrogens (tertiary/aromatic N) is 2. The zero-order chi connectivity index (χ0) is 25.4. The summed E-state index contributed by atoms with van der Waals surface area (Å²) >= 11 is 0. The largest absolute Gasteiger partial charge is 0.303 e. The third kappa shape index (κ3) is 6.72. The molecule has 0 amide bonds. The molecule has 0 aliphatic heterocycles. The molecule has 0 saturated heterocycles. The lowest BCUT2D eigenvalue weighted by molar-refractivity contribution is 0.625. The molecule has 1 heterocycles. The quantitative estimate of drug-likeness (QED) is 0.263. The van der Waals surface area contributed by atoms with Crippen LogP contribution in [-0.2, 0) is 0 Å². The molecular weight excluding hydrogens is 430 g/mol. The van der Waals surface area contributed by atoms with E-state index in [4.69, 9.17) is 0 Å². The zero-order valence-corrected chi connectivity index (χ0v) is 22.1. The van der Waals surface area contributed by atoms with Crippen molar-refractivity contribution >= 4 is 17.6 Å². The SMILES string of the molecule is CCCCB(c1ccccc1C)c1ccccc1C.Cc1cc(F)ccc1-n1cncc1C(C)C. The summed E-state index contributed by atoms with van der Waals surface area (Å²) in [5.41, 5.74) is 8.84. The molecule has 4 heteroatoms. The second-order valence-electron chi connectivity index (χ2n) is 9.68. The van der Waals surface area contributed by atoms with E-state index in [1.807, 2.05) is 17.7 Å². The van der Waals surface area contributed by atoms with E-state index in [2.05, 4.69) is 88.1 Å². The molecular formula is C31H38BFN2. The predicted molar refractivity (Wildman–Crippen MR) is 149 cm³/mol. The Hall–Kier alpha value is -3.14. The highest BCUT2D eigenvalue weighted by molar-refractivity contribution is 6.85. The Balaban J connectivity index is 0.000000198. The van der Waals surface area contributed by atoms with Crippen molar-refractivity contribution in [3.05, 3.63) is 107 Å². The summed E-state index contributed by atoms with van der Waals surface area (Å²) in [6.45, 7) is 13.4. The van der Waals surface area contributed by atoms with E-state index in [9.17, 15) is 4.39 Å². The molecule has 3 aromatic carbocycles. The van der Waals surface area contributed by atoms with E-state index in [0.717, 1.165) is 16.9 Å². The van der Waals surface area contributed by atoms with E-state index in [1.54, 1.807) is 18.5 Å². The Morgan fingerprint density at radius 2 is 1.46 bits per heavy atom. The van der Waals surface area contributed by atoms with Crippen molar-refractivity contribution in [2.45, 2.75) is 66.6 Å². The predicted octanol–water partition coefficient (Wildman–Crippen LogP) is 7.16. The Bertz CT molecular complexity index is 1180. The Labute approximate surface area is 211 Å². The summed E-state index contributed by atoms with van der Waals surface area (Å²) < 4.78 is 15.0. The van der Waals surface area contributed by atoms with Gasteiger partial charge in [-0.15, -0.1) is 0 Å². The normalized spacial score (nSPS) is 10.7. The lowest BCUT2D eigenvalue weighted by atomic mass is 9.37. The molecule has 1 aromatic heterocycles. The summed E-state index contributed by atoms with van der Waals surface area (Å²) in [4.78, 5) is 4.15. The summed E-state index contributed by atoms with van der Waals surface area (Å²) in [5.74, 6) is 0.194. The van der Waals surface area contributed by atoms with Crippen LogP contribution in [0.2, 0.25) is 6.32 Å². The molecule has 4 aromatic rings. The van der Waals surface area contributed by atoms with Crippen LogP contribution >= 0.6 is 0 Å². The Kier molecular flexibility index (Phi) is 9.48. The second-order valence-corrected chi connectivity index (χ2v) is 9.68. The molecule has 2 nitrogen and oxygen atoms in total. The minimum atomic E-state index is -0.201. The van der Waals surface area contributed by atoms with Crippen LogP contribution in [0.15, 0.2) is 79.3 Å². The van der Waals surface area contributed by atoms with Crippen LogP contribution < -0.4 is 10.9 Å². The average molecular weight is 468 g/mol. The van der Waals surface area contributed by atoms with Crippen molar-refractivity contribution in [3.63, 3.8) is 0 Å². The summed E-state index contributed by atoms with van der Waals surface area (Å²) in [6.07, 6.45) is 7.41. The zero-order valence-electron chi connectivity index (χ0n) is 22.1. The lowest BCUT2D eigenvalue weighted by Gasteiger charge is -2.18. The van der Waals surface area contributed by atoms with Gasteiger partial charge in [-0.25, -0.2) is 9.37 Å². The van der Waals surface area contributed by atoms with Crippen LogP contribution in [0, 0.1) is 26.6 Å². The van der Waals surface area contributed by atoms with Crippen LogP contribution in [0.4, 0.5) is 4.39 Å². The fourth-order valence-electron chi connectivity index (χ4n) is 4.67. The van der Waals surface area contributed by atoms with Crippen LogP contribution in [0.25, 0.3) is 5.69 Å². The third-order valence-corrected chi connectivity index (χ3v) is 6.65. The first-order valence-corrected chi connectivity index (χ1v) is 12.7. The van der Waals surface area contributed by atoms with Gasteiger partial charge in [0.15, 0.2) is 0 Å². The van der Waals surface area contributed by atoms with Gasteiger partial charge in [0.1, 0.15) is 5.82 Å². The number of aryl methyl sites for hydroxylation is 3. The van der Waals surface area contributed by atoms with Crippen LogP contribution in [0.5, 0.6) is 0 Å². The Morgan fingerprint density at radius 3 is 1.97 bits per heavy atom. The van der Waals surface area contributed by atoms with E-state index in [0.29, 0.717) is 12.6 Å². The molecule has 0 radical (unpaired) electrons. The van der Waals surface area contributed by atoms with Crippen molar-refractivity contribution in [2.24, 2.45) is 0 Å². The molecule has 0 unspecified atom stereocenters. The minimum Gasteiger partial charge on any atom is -0.303 e. The fraction of sp³-hybridized carbons (Fsp3) is 0.323. The third-order valence-electron chi connectivity index (χ3n) is 6.65. The van der Waals surface area contributed by atoms with Gasteiger partial charge in [-0.2, -0.15) is 0 Å². The fourth-order valence-corrected chi connectivity index (χ4v) is 4.67. The van der Waals surface area contributed by atoms with Gasteiger partial charge >= 0.3 is 0 Å². The van der Waals surface area contributed by atoms with E-state index < -0.39 is 0 Å². The number of halogens is 1. The number of hydrogen-bond acceptors (Lipinski definition) is 1. The maximum atomic E-state index is 13.0. The summed E-state index contributed by atoms with van der Waals surface area (Å²) in [6, 6.07) is 22.5. The molecule has 35 heavy (non-hydrogen) atoms. The first-order chi connectivity index (χ1) is 16.8. The molecule has 0 atom stereocenters. The minimum absolute atomic E-state index is 0.201.